The largest absolute Gasteiger partial charge is 0.450 e. The Morgan fingerprint density at radius 2 is 2.15 bits per heavy atom. The molecule has 0 spiro atoms. The van der Waals surface area contributed by atoms with Crippen molar-refractivity contribution in [1.29, 1.82) is 0 Å². The van der Waals surface area contributed by atoms with Crippen LogP contribution >= 0.6 is 0 Å². The Bertz CT molecular complexity index is 457. The number of hydrogen-bond donors (Lipinski definition) is 1. The third kappa shape index (κ3) is 2.09. The highest BCUT2D eigenvalue weighted by Crippen LogP contribution is 2.42. The number of nitrogens with one attached hydrogen (secondary N) is 1. The van der Waals surface area contributed by atoms with Crippen molar-refractivity contribution in [2.75, 3.05) is 13.1 Å². The monoisotopic (exact) mass is 276 g/mol. The molecule has 0 radical (unpaired) electrons. The van der Waals surface area contributed by atoms with Crippen molar-refractivity contribution in [3.05, 3.63) is 11.6 Å². The molecule has 4 heteroatoms. The van der Waals surface area contributed by atoms with Gasteiger partial charge in [-0.1, -0.05) is 6.42 Å². The van der Waals surface area contributed by atoms with Crippen LogP contribution in [0.4, 0.5) is 0 Å². The molecule has 4 aliphatic rings. The lowest BCUT2D eigenvalue weighted by Crippen LogP contribution is -2.54. The Labute approximate surface area is 120 Å². The van der Waals surface area contributed by atoms with E-state index in [4.69, 9.17) is 4.74 Å². The van der Waals surface area contributed by atoms with Crippen molar-refractivity contribution in [3.63, 3.8) is 0 Å². The molecule has 3 heterocycles. The van der Waals surface area contributed by atoms with E-state index in [2.05, 4.69) is 17.1 Å². The van der Waals surface area contributed by atoms with Crippen LogP contribution in [0.5, 0.6) is 0 Å². The molecule has 3 fully saturated rings. The first-order valence-electron chi connectivity index (χ1n) is 8.09. The maximum absolute atomic E-state index is 11.8. The highest BCUT2D eigenvalue weighted by atomic mass is 16.6. The summed E-state index contributed by atoms with van der Waals surface area (Å²) >= 11 is 0. The van der Waals surface area contributed by atoms with Crippen LogP contribution in [0.15, 0.2) is 11.6 Å². The summed E-state index contributed by atoms with van der Waals surface area (Å²) < 4.78 is 5.77. The lowest BCUT2D eigenvalue weighted by molar-refractivity contribution is -0.150. The van der Waals surface area contributed by atoms with E-state index in [-0.39, 0.29) is 11.6 Å². The van der Waals surface area contributed by atoms with E-state index in [1.54, 1.807) is 6.08 Å². The van der Waals surface area contributed by atoms with E-state index in [1.165, 1.54) is 31.3 Å². The summed E-state index contributed by atoms with van der Waals surface area (Å²) in [5.41, 5.74) is 0.840. The first-order chi connectivity index (χ1) is 9.65. The molecule has 3 aliphatic heterocycles. The zero-order chi connectivity index (χ0) is 13.7. The number of carbonyl (C=O) groups is 1. The van der Waals surface area contributed by atoms with Crippen LogP contribution in [0, 0.1) is 0 Å². The smallest absolute Gasteiger partial charge is 0.331 e. The summed E-state index contributed by atoms with van der Waals surface area (Å²) in [6.07, 6.45) is 9.03. The summed E-state index contributed by atoms with van der Waals surface area (Å²) in [6.45, 7) is 4.38. The van der Waals surface area contributed by atoms with E-state index in [0.29, 0.717) is 18.1 Å². The van der Waals surface area contributed by atoms with Gasteiger partial charge in [-0.05, 0) is 51.1 Å². The van der Waals surface area contributed by atoms with Crippen LogP contribution in [0.25, 0.3) is 0 Å². The molecule has 4 rings (SSSR count). The molecule has 1 N–H and O–H groups in total. The first-order valence-corrected chi connectivity index (χ1v) is 8.09. The van der Waals surface area contributed by atoms with Crippen LogP contribution in [-0.4, -0.2) is 47.7 Å². The molecule has 0 amide bonds. The Morgan fingerprint density at radius 1 is 1.30 bits per heavy atom. The summed E-state index contributed by atoms with van der Waals surface area (Å²) in [5, 5.41) is 3.76. The number of piperidine rings is 1. The standard InChI is InChI=1S/C16H24N2O2/c1-16-11(9-15(19)20-16)8-13(17-12-5-6-12)10-18-7-3-2-4-14(16)18/h9,12-14,17H,2-8,10H2,1H3/t13?,14-,16+/m1/s1. The molecule has 1 unspecified atom stereocenters. The molecule has 0 bridgehead atoms. The molecule has 20 heavy (non-hydrogen) atoms. The van der Waals surface area contributed by atoms with Crippen LogP contribution in [0.3, 0.4) is 0 Å². The van der Waals surface area contributed by atoms with Gasteiger partial charge in [-0.15, -0.1) is 0 Å². The Kier molecular flexibility index (Phi) is 2.93. The second kappa shape index (κ2) is 4.57. The molecule has 0 aromatic rings. The predicted molar refractivity (Wildman–Crippen MR) is 76.4 cm³/mol. The van der Waals surface area contributed by atoms with Gasteiger partial charge in [0, 0.05) is 24.7 Å². The average Bonchev–Trinajstić information content (AvgIpc) is 3.17. The van der Waals surface area contributed by atoms with Gasteiger partial charge in [-0.3, -0.25) is 4.90 Å². The average molecular weight is 276 g/mol. The maximum atomic E-state index is 11.8. The fraction of sp³-hybridized carbons (Fsp3) is 0.812. The second-order valence-corrected chi connectivity index (χ2v) is 7.05. The molecule has 1 aliphatic carbocycles. The highest BCUT2D eigenvalue weighted by molar-refractivity contribution is 5.87. The maximum Gasteiger partial charge on any atom is 0.331 e. The van der Waals surface area contributed by atoms with Crippen molar-refractivity contribution in [2.45, 2.75) is 69.2 Å². The minimum Gasteiger partial charge on any atom is -0.450 e. The van der Waals surface area contributed by atoms with Gasteiger partial charge in [0.25, 0.3) is 0 Å². The van der Waals surface area contributed by atoms with E-state index >= 15 is 0 Å². The van der Waals surface area contributed by atoms with Crippen molar-refractivity contribution in [2.24, 2.45) is 0 Å². The van der Waals surface area contributed by atoms with Gasteiger partial charge in [0.05, 0.1) is 6.04 Å². The summed E-state index contributed by atoms with van der Waals surface area (Å²) in [7, 11) is 0. The summed E-state index contributed by atoms with van der Waals surface area (Å²) in [4.78, 5) is 14.4. The molecule has 0 aromatic carbocycles. The molecular formula is C16H24N2O2. The minimum atomic E-state index is -0.377. The molecule has 4 nitrogen and oxygen atoms in total. The number of esters is 1. The highest BCUT2D eigenvalue weighted by Gasteiger charge is 2.51. The quantitative estimate of drug-likeness (QED) is 0.778. The molecule has 0 aromatic heterocycles. The number of carbonyl (C=O) groups excluding carboxylic acids is 1. The number of rotatable bonds is 2. The topological polar surface area (TPSA) is 41.6 Å². The van der Waals surface area contributed by atoms with E-state index < -0.39 is 0 Å². The number of ether oxygens (including phenoxy) is 1. The molecule has 2 saturated heterocycles. The lowest BCUT2D eigenvalue weighted by atomic mass is 9.82. The summed E-state index contributed by atoms with van der Waals surface area (Å²) in [6, 6.07) is 1.57. The van der Waals surface area contributed by atoms with Crippen molar-refractivity contribution < 1.29 is 9.53 Å². The van der Waals surface area contributed by atoms with Crippen molar-refractivity contribution >= 4 is 5.97 Å². The Morgan fingerprint density at radius 3 is 2.95 bits per heavy atom. The SMILES string of the molecule is C[C@]12OC(=O)C=C1CC(NC1CC1)CN1CCCC[C@@H]12. The first kappa shape index (κ1) is 12.8. The van der Waals surface area contributed by atoms with Crippen LogP contribution in [-0.2, 0) is 9.53 Å². The molecule has 3 atom stereocenters. The molecule has 110 valence electrons. The fourth-order valence-electron chi connectivity index (χ4n) is 4.27. The minimum absolute atomic E-state index is 0.139. The number of nitrogens with zero attached hydrogens (tertiary/aromatic N) is 1. The number of hydrogen-bond acceptors (Lipinski definition) is 4. The van der Waals surface area contributed by atoms with Gasteiger partial charge in [0.2, 0.25) is 0 Å². The summed E-state index contributed by atoms with van der Waals surface area (Å²) in [5.74, 6) is -0.139. The van der Waals surface area contributed by atoms with Crippen molar-refractivity contribution in [1.82, 2.24) is 10.2 Å². The van der Waals surface area contributed by atoms with Crippen LogP contribution in [0.2, 0.25) is 0 Å². The normalized spacial score (nSPS) is 41.5. The van der Waals surface area contributed by atoms with Crippen molar-refractivity contribution in [3.8, 4) is 0 Å². The van der Waals surface area contributed by atoms with E-state index in [1.807, 2.05) is 0 Å². The van der Waals surface area contributed by atoms with E-state index in [0.717, 1.165) is 25.9 Å². The van der Waals surface area contributed by atoms with Gasteiger partial charge in [0.15, 0.2) is 0 Å². The van der Waals surface area contributed by atoms with Crippen LogP contribution < -0.4 is 5.32 Å². The van der Waals surface area contributed by atoms with Gasteiger partial charge in [-0.2, -0.15) is 0 Å². The second-order valence-electron chi connectivity index (χ2n) is 7.05. The zero-order valence-corrected chi connectivity index (χ0v) is 12.2. The van der Waals surface area contributed by atoms with Crippen LogP contribution in [0.1, 0.15) is 45.4 Å². The number of fused-ring (bicyclic) bond motifs is 3. The lowest BCUT2D eigenvalue weighted by Gasteiger charge is -2.43. The zero-order valence-electron chi connectivity index (χ0n) is 12.2. The molecule has 1 saturated carbocycles. The predicted octanol–water partition coefficient (Wildman–Crippen LogP) is 1.61. The fourth-order valence-corrected chi connectivity index (χ4v) is 4.27. The Balaban J connectivity index is 1.64. The van der Waals surface area contributed by atoms with Gasteiger partial charge < -0.3 is 10.1 Å². The Hall–Kier alpha value is -0.870. The van der Waals surface area contributed by atoms with Gasteiger partial charge >= 0.3 is 5.97 Å². The van der Waals surface area contributed by atoms with Gasteiger partial charge in [-0.25, -0.2) is 4.79 Å². The third-order valence-corrected chi connectivity index (χ3v) is 5.46. The van der Waals surface area contributed by atoms with E-state index in [9.17, 15) is 4.79 Å². The van der Waals surface area contributed by atoms with Gasteiger partial charge in [0.1, 0.15) is 5.60 Å². The molecular weight excluding hydrogens is 252 g/mol. The third-order valence-electron chi connectivity index (χ3n) is 5.46.